The Labute approximate surface area is 96.3 Å². The van der Waals surface area contributed by atoms with Crippen LogP contribution in [0, 0.1) is 6.92 Å². The van der Waals surface area contributed by atoms with Crippen LogP contribution in [0.15, 0.2) is 18.3 Å². The van der Waals surface area contributed by atoms with Gasteiger partial charge in [-0.25, -0.2) is 0 Å². The van der Waals surface area contributed by atoms with Gasteiger partial charge < -0.3 is 11.1 Å². The highest BCUT2D eigenvalue weighted by atomic mass is 16.1. The fourth-order valence-corrected chi connectivity index (χ4v) is 1.26. The van der Waals surface area contributed by atoms with Crippen LogP contribution >= 0.6 is 0 Å². The molecule has 0 saturated heterocycles. The number of anilines is 1. The van der Waals surface area contributed by atoms with Crippen molar-refractivity contribution in [2.24, 2.45) is 5.73 Å². The molecule has 0 atom stereocenters. The Bertz CT molecular complexity index is 369. The van der Waals surface area contributed by atoms with Gasteiger partial charge in [-0.05, 0) is 39.3 Å². The highest BCUT2D eigenvalue weighted by Gasteiger charge is 2.13. The number of nitrogens with zero attached hydrogens (tertiary/aromatic N) is 1. The summed E-state index contributed by atoms with van der Waals surface area (Å²) >= 11 is 0. The maximum atomic E-state index is 11.6. The SMILES string of the molecule is Cc1ncccc1NC(=O)CCC(C)(C)N. The van der Waals surface area contributed by atoms with Gasteiger partial charge in [-0.15, -0.1) is 0 Å². The largest absolute Gasteiger partial charge is 0.326 e. The Hall–Kier alpha value is -1.42. The highest BCUT2D eigenvalue weighted by molar-refractivity contribution is 5.91. The minimum absolute atomic E-state index is 0.0189. The zero-order chi connectivity index (χ0) is 12.2. The molecule has 1 aromatic rings. The van der Waals surface area contributed by atoms with Crippen molar-refractivity contribution in [3.63, 3.8) is 0 Å². The average molecular weight is 221 g/mol. The molecule has 16 heavy (non-hydrogen) atoms. The van der Waals surface area contributed by atoms with Crippen LogP contribution < -0.4 is 11.1 Å². The third-order valence-electron chi connectivity index (χ3n) is 2.28. The number of rotatable bonds is 4. The van der Waals surface area contributed by atoms with E-state index in [0.717, 1.165) is 11.4 Å². The summed E-state index contributed by atoms with van der Waals surface area (Å²) in [6, 6.07) is 3.64. The average Bonchev–Trinajstić information content (AvgIpc) is 2.18. The summed E-state index contributed by atoms with van der Waals surface area (Å²) in [6.07, 6.45) is 2.80. The first kappa shape index (κ1) is 12.6. The highest BCUT2D eigenvalue weighted by Crippen LogP contribution is 2.12. The van der Waals surface area contributed by atoms with E-state index in [-0.39, 0.29) is 11.4 Å². The zero-order valence-corrected chi connectivity index (χ0v) is 10.1. The van der Waals surface area contributed by atoms with Gasteiger partial charge in [-0.3, -0.25) is 9.78 Å². The van der Waals surface area contributed by atoms with Gasteiger partial charge in [0.15, 0.2) is 0 Å². The first-order chi connectivity index (χ1) is 7.38. The first-order valence-corrected chi connectivity index (χ1v) is 5.39. The number of aromatic nitrogens is 1. The molecule has 0 aliphatic rings. The van der Waals surface area contributed by atoms with Crippen molar-refractivity contribution in [2.75, 3.05) is 5.32 Å². The normalized spacial score (nSPS) is 11.2. The molecule has 0 radical (unpaired) electrons. The summed E-state index contributed by atoms with van der Waals surface area (Å²) in [4.78, 5) is 15.7. The smallest absolute Gasteiger partial charge is 0.224 e. The van der Waals surface area contributed by atoms with Crippen molar-refractivity contribution < 1.29 is 4.79 Å². The van der Waals surface area contributed by atoms with E-state index in [1.807, 2.05) is 26.8 Å². The molecule has 3 N–H and O–H groups in total. The minimum atomic E-state index is -0.304. The molecular formula is C12H19N3O. The van der Waals surface area contributed by atoms with Crippen molar-refractivity contribution in [2.45, 2.75) is 39.2 Å². The third-order valence-corrected chi connectivity index (χ3v) is 2.28. The van der Waals surface area contributed by atoms with E-state index in [4.69, 9.17) is 5.73 Å². The Morgan fingerprint density at radius 3 is 2.81 bits per heavy atom. The topological polar surface area (TPSA) is 68.0 Å². The van der Waals surface area contributed by atoms with E-state index in [1.54, 1.807) is 12.3 Å². The van der Waals surface area contributed by atoms with Crippen LogP contribution in [0.25, 0.3) is 0 Å². The molecule has 0 aliphatic heterocycles. The number of amides is 1. The predicted octanol–water partition coefficient (Wildman–Crippen LogP) is 1.85. The lowest BCUT2D eigenvalue weighted by Gasteiger charge is -2.17. The molecule has 0 unspecified atom stereocenters. The van der Waals surface area contributed by atoms with Crippen LogP contribution in [0.5, 0.6) is 0 Å². The number of aryl methyl sites for hydroxylation is 1. The second kappa shape index (κ2) is 5.07. The molecule has 0 bridgehead atoms. The molecule has 0 saturated carbocycles. The Balaban J connectivity index is 2.50. The number of pyridine rings is 1. The van der Waals surface area contributed by atoms with Gasteiger partial charge in [0.25, 0.3) is 0 Å². The summed E-state index contributed by atoms with van der Waals surface area (Å²) in [6.45, 7) is 5.69. The number of hydrogen-bond donors (Lipinski definition) is 2. The molecule has 0 aliphatic carbocycles. The summed E-state index contributed by atoms with van der Waals surface area (Å²) in [5.74, 6) is -0.0189. The van der Waals surface area contributed by atoms with Crippen molar-refractivity contribution in [1.82, 2.24) is 4.98 Å². The second-order valence-corrected chi connectivity index (χ2v) is 4.67. The number of carbonyl (C=O) groups excluding carboxylic acids is 1. The van der Waals surface area contributed by atoms with E-state index in [1.165, 1.54) is 0 Å². The first-order valence-electron chi connectivity index (χ1n) is 5.39. The van der Waals surface area contributed by atoms with Crippen LogP contribution in [-0.4, -0.2) is 16.4 Å². The van der Waals surface area contributed by atoms with Gasteiger partial charge in [0, 0.05) is 18.2 Å². The van der Waals surface area contributed by atoms with Crippen LogP contribution in [0.3, 0.4) is 0 Å². The molecule has 1 heterocycles. The molecule has 1 rings (SSSR count). The van der Waals surface area contributed by atoms with E-state index in [9.17, 15) is 4.79 Å². The molecule has 4 heteroatoms. The van der Waals surface area contributed by atoms with Crippen molar-refractivity contribution >= 4 is 11.6 Å². The Morgan fingerprint density at radius 2 is 2.25 bits per heavy atom. The quantitative estimate of drug-likeness (QED) is 0.815. The number of nitrogens with two attached hydrogens (primary N) is 1. The Kier molecular flexibility index (Phi) is 4.01. The third kappa shape index (κ3) is 4.40. The molecule has 0 fully saturated rings. The molecule has 4 nitrogen and oxygen atoms in total. The van der Waals surface area contributed by atoms with Crippen molar-refractivity contribution in [3.8, 4) is 0 Å². The second-order valence-electron chi connectivity index (χ2n) is 4.67. The molecule has 88 valence electrons. The van der Waals surface area contributed by atoms with E-state index in [2.05, 4.69) is 10.3 Å². The van der Waals surface area contributed by atoms with Crippen LogP contribution in [-0.2, 0) is 4.79 Å². The summed E-state index contributed by atoms with van der Waals surface area (Å²) in [5, 5.41) is 2.83. The van der Waals surface area contributed by atoms with Gasteiger partial charge in [0.1, 0.15) is 0 Å². The van der Waals surface area contributed by atoms with Gasteiger partial charge in [-0.1, -0.05) is 0 Å². The van der Waals surface area contributed by atoms with Gasteiger partial charge >= 0.3 is 0 Å². The maximum Gasteiger partial charge on any atom is 0.224 e. The van der Waals surface area contributed by atoms with E-state index in [0.29, 0.717) is 12.8 Å². The number of hydrogen-bond acceptors (Lipinski definition) is 3. The monoisotopic (exact) mass is 221 g/mol. The maximum absolute atomic E-state index is 11.6. The van der Waals surface area contributed by atoms with Crippen molar-refractivity contribution in [3.05, 3.63) is 24.0 Å². The molecular weight excluding hydrogens is 202 g/mol. The summed E-state index contributed by atoms with van der Waals surface area (Å²) in [5.41, 5.74) is 7.10. The lowest BCUT2D eigenvalue weighted by molar-refractivity contribution is -0.116. The molecule has 0 aromatic carbocycles. The molecule has 1 aromatic heterocycles. The van der Waals surface area contributed by atoms with Crippen LogP contribution in [0.2, 0.25) is 0 Å². The van der Waals surface area contributed by atoms with E-state index >= 15 is 0 Å². The summed E-state index contributed by atoms with van der Waals surface area (Å²) in [7, 11) is 0. The fraction of sp³-hybridized carbons (Fsp3) is 0.500. The van der Waals surface area contributed by atoms with E-state index < -0.39 is 0 Å². The number of carbonyl (C=O) groups is 1. The Morgan fingerprint density at radius 1 is 1.56 bits per heavy atom. The minimum Gasteiger partial charge on any atom is -0.326 e. The van der Waals surface area contributed by atoms with Gasteiger partial charge in [-0.2, -0.15) is 0 Å². The lowest BCUT2D eigenvalue weighted by Crippen LogP contribution is -2.33. The summed E-state index contributed by atoms with van der Waals surface area (Å²) < 4.78 is 0. The number of nitrogens with one attached hydrogen (secondary N) is 1. The van der Waals surface area contributed by atoms with Crippen LogP contribution in [0.1, 0.15) is 32.4 Å². The van der Waals surface area contributed by atoms with Gasteiger partial charge in [0.05, 0.1) is 11.4 Å². The zero-order valence-electron chi connectivity index (χ0n) is 10.1. The lowest BCUT2D eigenvalue weighted by atomic mass is 10.00. The van der Waals surface area contributed by atoms with Crippen LogP contribution in [0.4, 0.5) is 5.69 Å². The van der Waals surface area contributed by atoms with Crippen molar-refractivity contribution in [1.29, 1.82) is 0 Å². The standard InChI is InChI=1S/C12H19N3O/c1-9-10(5-4-8-14-9)15-11(16)6-7-12(2,3)13/h4-5,8H,6-7,13H2,1-3H3,(H,15,16). The van der Waals surface area contributed by atoms with Gasteiger partial charge in [0.2, 0.25) is 5.91 Å². The predicted molar refractivity (Wildman–Crippen MR) is 65.1 cm³/mol. The molecule has 1 amide bonds. The molecule has 0 spiro atoms. The fourth-order valence-electron chi connectivity index (χ4n) is 1.26.